The van der Waals surface area contributed by atoms with Gasteiger partial charge in [0.1, 0.15) is 0 Å². The molecule has 1 aromatic heterocycles. The van der Waals surface area contributed by atoms with Crippen molar-refractivity contribution in [1.29, 1.82) is 0 Å². The highest BCUT2D eigenvalue weighted by molar-refractivity contribution is 7.99. The Hall–Kier alpha value is -0.540. The molecule has 0 amide bonds. The van der Waals surface area contributed by atoms with E-state index >= 15 is 0 Å². The highest BCUT2D eigenvalue weighted by atomic mass is 32.2. The van der Waals surface area contributed by atoms with Crippen LogP contribution in [0, 0.1) is 19.8 Å². The number of nitrogens with one attached hydrogen (secondary N) is 1. The summed E-state index contributed by atoms with van der Waals surface area (Å²) in [6, 6.07) is 4.86. The Bertz CT molecular complexity index is 330. The second kappa shape index (κ2) is 7.02. The van der Waals surface area contributed by atoms with E-state index in [2.05, 4.69) is 57.1 Å². The van der Waals surface area contributed by atoms with Crippen LogP contribution in [0.2, 0.25) is 0 Å². The molecule has 0 radical (unpaired) electrons. The van der Waals surface area contributed by atoms with Crippen LogP contribution in [0.15, 0.2) is 17.2 Å². The number of hydrogen-bond donors (Lipinski definition) is 1. The normalized spacial score (nSPS) is 13.1. The number of aryl methyl sites for hydroxylation is 2. The molecule has 1 heterocycles. The Labute approximate surface area is 110 Å². The van der Waals surface area contributed by atoms with Crippen LogP contribution in [0.25, 0.3) is 0 Å². The van der Waals surface area contributed by atoms with E-state index in [4.69, 9.17) is 0 Å². The minimum absolute atomic E-state index is 0.586. The van der Waals surface area contributed by atoms with Crippen LogP contribution in [0.5, 0.6) is 0 Å². The molecular formula is C14H24N2S. The van der Waals surface area contributed by atoms with E-state index in [0.29, 0.717) is 12.0 Å². The molecule has 0 saturated heterocycles. The third-order valence-corrected chi connectivity index (χ3v) is 3.81. The van der Waals surface area contributed by atoms with Gasteiger partial charge in [-0.3, -0.25) is 0 Å². The van der Waals surface area contributed by atoms with Crippen molar-refractivity contribution in [3.8, 4) is 0 Å². The summed E-state index contributed by atoms with van der Waals surface area (Å²) in [5.74, 6) is 1.77. The molecular weight excluding hydrogens is 228 g/mol. The van der Waals surface area contributed by atoms with E-state index in [1.54, 1.807) is 0 Å². The Morgan fingerprint density at radius 3 is 2.53 bits per heavy atom. The molecule has 3 heteroatoms. The molecule has 1 N–H and O–H groups in total. The van der Waals surface area contributed by atoms with Gasteiger partial charge in [0.25, 0.3) is 0 Å². The van der Waals surface area contributed by atoms with Gasteiger partial charge >= 0.3 is 0 Å². The fourth-order valence-electron chi connectivity index (χ4n) is 1.56. The number of hydrogen-bond acceptors (Lipinski definition) is 3. The third-order valence-electron chi connectivity index (χ3n) is 2.89. The SMILES string of the molecule is Cc1cc(C)nc(SCCNC(C)C(C)C)c1. The highest BCUT2D eigenvalue weighted by Gasteiger charge is 2.05. The van der Waals surface area contributed by atoms with Gasteiger partial charge in [-0.15, -0.1) is 11.8 Å². The van der Waals surface area contributed by atoms with Gasteiger partial charge in [-0.25, -0.2) is 4.98 Å². The minimum atomic E-state index is 0.586. The zero-order valence-corrected chi connectivity index (χ0v) is 12.4. The minimum Gasteiger partial charge on any atom is -0.313 e. The molecule has 1 unspecified atom stereocenters. The summed E-state index contributed by atoms with van der Waals surface area (Å²) in [4.78, 5) is 4.52. The number of rotatable bonds is 6. The van der Waals surface area contributed by atoms with Crippen LogP contribution in [0.1, 0.15) is 32.0 Å². The molecule has 0 aliphatic carbocycles. The molecule has 0 fully saturated rings. The molecule has 0 bridgehead atoms. The standard InChI is InChI=1S/C14H24N2S/c1-10(2)13(5)15-6-7-17-14-9-11(3)8-12(4)16-14/h8-10,13,15H,6-7H2,1-5H3. The topological polar surface area (TPSA) is 24.9 Å². The van der Waals surface area contributed by atoms with Gasteiger partial charge in [0.15, 0.2) is 0 Å². The van der Waals surface area contributed by atoms with E-state index in [0.717, 1.165) is 23.0 Å². The lowest BCUT2D eigenvalue weighted by molar-refractivity contribution is 0.438. The van der Waals surface area contributed by atoms with E-state index in [1.165, 1.54) is 5.56 Å². The van der Waals surface area contributed by atoms with Crippen LogP contribution in [0.4, 0.5) is 0 Å². The summed E-state index contributed by atoms with van der Waals surface area (Å²) in [7, 11) is 0. The number of pyridine rings is 1. The Morgan fingerprint density at radius 2 is 1.94 bits per heavy atom. The van der Waals surface area contributed by atoms with Gasteiger partial charge in [-0.2, -0.15) is 0 Å². The molecule has 0 aromatic carbocycles. The Morgan fingerprint density at radius 1 is 1.24 bits per heavy atom. The molecule has 0 saturated carbocycles. The molecule has 0 aliphatic heterocycles. The third kappa shape index (κ3) is 5.55. The monoisotopic (exact) mass is 252 g/mol. The first kappa shape index (κ1) is 14.5. The highest BCUT2D eigenvalue weighted by Crippen LogP contribution is 2.17. The average molecular weight is 252 g/mol. The molecule has 0 spiro atoms. The van der Waals surface area contributed by atoms with Crippen LogP contribution < -0.4 is 5.32 Å². The van der Waals surface area contributed by atoms with Crippen molar-refractivity contribution in [1.82, 2.24) is 10.3 Å². The maximum atomic E-state index is 4.52. The van der Waals surface area contributed by atoms with Crippen molar-refractivity contribution in [3.63, 3.8) is 0 Å². The molecule has 0 aliphatic rings. The summed E-state index contributed by atoms with van der Waals surface area (Å²) >= 11 is 1.83. The van der Waals surface area contributed by atoms with Crippen LogP contribution in [-0.2, 0) is 0 Å². The quantitative estimate of drug-likeness (QED) is 0.620. The van der Waals surface area contributed by atoms with E-state index in [-0.39, 0.29) is 0 Å². The van der Waals surface area contributed by atoms with E-state index < -0.39 is 0 Å². The van der Waals surface area contributed by atoms with Crippen LogP contribution >= 0.6 is 11.8 Å². The van der Waals surface area contributed by atoms with Gasteiger partial charge in [-0.05, 0) is 44.4 Å². The molecule has 17 heavy (non-hydrogen) atoms. The van der Waals surface area contributed by atoms with Gasteiger partial charge in [-0.1, -0.05) is 13.8 Å². The van der Waals surface area contributed by atoms with Crippen LogP contribution in [0.3, 0.4) is 0 Å². The number of nitrogens with zero attached hydrogens (tertiary/aromatic N) is 1. The largest absolute Gasteiger partial charge is 0.313 e. The second-order valence-electron chi connectivity index (χ2n) is 4.96. The predicted octanol–water partition coefficient (Wildman–Crippen LogP) is 3.42. The van der Waals surface area contributed by atoms with Gasteiger partial charge in [0.2, 0.25) is 0 Å². The summed E-state index contributed by atoms with van der Waals surface area (Å²) in [5, 5.41) is 4.67. The first-order valence-corrected chi connectivity index (χ1v) is 7.29. The summed E-state index contributed by atoms with van der Waals surface area (Å²) in [6.45, 7) is 11.9. The smallest absolute Gasteiger partial charge is 0.0966 e. The lowest BCUT2D eigenvalue weighted by Gasteiger charge is -2.17. The first-order chi connectivity index (χ1) is 7.99. The average Bonchev–Trinajstić information content (AvgIpc) is 2.22. The van der Waals surface area contributed by atoms with Gasteiger partial charge < -0.3 is 5.32 Å². The molecule has 1 rings (SSSR count). The molecule has 2 nitrogen and oxygen atoms in total. The Kier molecular flexibility index (Phi) is 6.00. The van der Waals surface area contributed by atoms with Crippen molar-refractivity contribution in [3.05, 3.63) is 23.4 Å². The summed E-state index contributed by atoms with van der Waals surface area (Å²) < 4.78 is 0. The van der Waals surface area contributed by atoms with Crippen molar-refractivity contribution in [2.45, 2.75) is 45.7 Å². The zero-order valence-electron chi connectivity index (χ0n) is 11.6. The van der Waals surface area contributed by atoms with Gasteiger partial charge in [0, 0.05) is 24.0 Å². The van der Waals surface area contributed by atoms with E-state index in [1.807, 2.05) is 11.8 Å². The lowest BCUT2D eigenvalue weighted by Crippen LogP contribution is -2.32. The van der Waals surface area contributed by atoms with Crippen molar-refractivity contribution in [2.24, 2.45) is 5.92 Å². The fraction of sp³-hybridized carbons (Fsp3) is 0.643. The fourth-order valence-corrected chi connectivity index (χ4v) is 2.46. The summed E-state index contributed by atoms with van der Waals surface area (Å²) in [6.07, 6.45) is 0. The molecule has 1 aromatic rings. The first-order valence-electron chi connectivity index (χ1n) is 6.30. The molecule has 1 atom stereocenters. The predicted molar refractivity (Wildman–Crippen MR) is 76.7 cm³/mol. The number of thioether (sulfide) groups is 1. The molecule has 96 valence electrons. The number of aromatic nitrogens is 1. The van der Waals surface area contributed by atoms with Crippen molar-refractivity contribution in [2.75, 3.05) is 12.3 Å². The van der Waals surface area contributed by atoms with Crippen molar-refractivity contribution < 1.29 is 0 Å². The maximum Gasteiger partial charge on any atom is 0.0966 e. The second-order valence-corrected chi connectivity index (χ2v) is 6.07. The zero-order chi connectivity index (χ0) is 12.8. The summed E-state index contributed by atoms with van der Waals surface area (Å²) in [5.41, 5.74) is 2.40. The maximum absolute atomic E-state index is 4.52. The Balaban J connectivity index is 2.31. The van der Waals surface area contributed by atoms with Crippen molar-refractivity contribution >= 4 is 11.8 Å². The van der Waals surface area contributed by atoms with E-state index in [9.17, 15) is 0 Å². The lowest BCUT2D eigenvalue weighted by atomic mass is 10.1. The van der Waals surface area contributed by atoms with Crippen LogP contribution in [-0.4, -0.2) is 23.3 Å². The van der Waals surface area contributed by atoms with Gasteiger partial charge in [0.05, 0.1) is 5.03 Å².